The number of amides is 2. The maximum absolute atomic E-state index is 11.9. The van der Waals surface area contributed by atoms with Gasteiger partial charge in [0.05, 0.1) is 6.61 Å². The van der Waals surface area contributed by atoms with Gasteiger partial charge >= 0.3 is 0 Å². The first kappa shape index (κ1) is 13.5. The largest absolute Gasteiger partial charge is 0.465 e. The Morgan fingerprint density at radius 1 is 1.53 bits per heavy atom. The summed E-state index contributed by atoms with van der Waals surface area (Å²) >= 11 is 0. The molecular formula is C13H18N2O4. The van der Waals surface area contributed by atoms with E-state index in [-0.39, 0.29) is 11.7 Å². The van der Waals surface area contributed by atoms with E-state index in [0.29, 0.717) is 25.5 Å². The maximum atomic E-state index is 11.9. The second-order valence-electron chi connectivity index (χ2n) is 4.36. The van der Waals surface area contributed by atoms with Gasteiger partial charge in [-0.3, -0.25) is 9.59 Å². The van der Waals surface area contributed by atoms with E-state index >= 15 is 0 Å². The molecule has 0 radical (unpaired) electrons. The topological polar surface area (TPSA) is 80.6 Å². The Bertz CT molecular complexity index is 455. The molecule has 1 aliphatic heterocycles. The molecule has 6 nitrogen and oxygen atoms in total. The molecule has 0 bridgehead atoms. The van der Waals surface area contributed by atoms with Gasteiger partial charge in [-0.2, -0.15) is 0 Å². The third-order valence-corrected chi connectivity index (χ3v) is 2.93. The fraction of sp³-hybridized carbons (Fsp3) is 0.538. The van der Waals surface area contributed by atoms with Crippen molar-refractivity contribution in [3.05, 3.63) is 17.9 Å². The first-order valence-corrected chi connectivity index (χ1v) is 6.52. The predicted octanol–water partition coefficient (Wildman–Crippen LogP) is 1.08. The molecule has 2 amide bonds. The minimum absolute atomic E-state index is 0.137. The van der Waals surface area contributed by atoms with Crippen LogP contribution in [0.4, 0.5) is 0 Å². The zero-order chi connectivity index (χ0) is 13.7. The van der Waals surface area contributed by atoms with E-state index in [9.17, 15) is 9.59 Å². The van der Waals surface area contributed by atoms with Crippen LogP contribution in [0.1, 0.15) is 36.7 Å². The van der Waals surface area contributed by atoms with E-state index in [2.05, 4.69) is 10.6 Å². The number of ether oxygens (including phenoxy) is 1. The molecule has 1 atom stereocenters. The Balaban J connectivity index is 1.96. The highest BCUT2D eigenvalue weighted by atomic mass is 16.6. The summed E-state index contributed by atoms with van der Waals surface area (Å²) < 4.78 is 10.4. The molecule has 0 saturated carbocycles. The highest BCUT2D eigenvalue weighted by molar-refractivity contribution is 5.95. The van der Waals surface area contributed by atoms with Crippen LogP contribution in [0.25, 0.3) is 0 Å². The van der Waals surface area contributed by atoms with Crippen molar-refractivity contribution in [2.45, 2.75) is 32.2 Å². The molecule has 104 valence electrons. The third-order valence-electron chi connectivity index (χ3n) is 2.93. The van der Waals surface area contributed by atoms with Crippen molar-refractivity contribution < 1.29 is 18.7 Å². The molecule has 2 N–H and O–H groups in total. The van der Waals surface area contributed by atoms with Crippen LogP contribution >= 0.6 is 0 Å². The summed E-state index contributed by atoms with van der Waals surface area (Å²) in [5.41, 5.74) is 0. The SMILES string of the molecule is CCOc1ccc(C(=O)NC2CCCCNC2=O)o1. The Labute approximate surface area is 111 Å². The quantitative estimate of drug-likeness (QED) is 0.854. The second-order valence-corrected chi connectivity index (χ2v) is 4.36. The van der Waals surface area contributed by atoms with Gasteiger partial charge in [0.15, 0.2) is 5.76 Å². The van der Waals surface area contributed by atoms with Gasteiger partial charge in [-0.15, -0.1) is 0 Å². The first-order valence-electron chi connectivity index (χ1n) is 6.52. The highest BCUT2D eigenvalue weighted by Gasteiger charge is 2.24. The molecule has 0 spiro atoms. The molecule has 0 aliphatic carbocycles. The minimum atomic E-state index is -0.490. The third kappa shape index (κ3) is 3.49. The molecule has 1 aromatic rings. The molecule has 2 heterocycles. The lowest BCUT2D eigenvalue weighted by molar-refractivity contribution is -0.122. The van der Waals surface area contributed by atoms with E-state index in [1.807, 2.05) is 6.92 Å². The van der Waals surface area contributed by atoms with Crippen molar-refractivity contribution >= 4 is 11.8 Å². The summed E-state index contributed by atoms with van der Waals surface area (Å²) in [6.45, 7) is 2.97. The number of furan rings is 1. The van der Waals surface area contributed by atoms with Crippen LogP contribution in [0, 0.1) is 0 Å². The van der Waals surface area contributed by atoms with Gasteiger partial charge in [-0.1, -0.05) is 0 Å². The summed E-state index contributed by atoms with van der Waals surface area (Å²) in [4.78, 5) is 23.7. The molecule has 19 heavy (non-hydrogen) atoms. The highest BCUT2D eigenvalue weighted by Crippen LogP contribution is 2.16. The first-order chi connectivity index (χ1) is 9.20. The smallest absolute Gasteiger partial charge is 0.287 e. The van der Waals surface area contributed by atoms with Gasteiger partial charge in [-0.25, -0.2) is 0 Å². The van der Waals surface area contributed by atoms with Crippen LogP contribution in [-0.4, -0.2) is 31.0 Å². The molecule has 1 fully saturated rings. The van der Waals surface area contributed by atoms with E-state index in [4.69, 9.17) is 9.15 Å². The summed E-state index contributed by atoms with van der Waals surface area (Å²) in [6, 6.07) is 2.64. The van der Waals surface area contributed by atoms with Crippen molar-refractivity contribution in [3.63, 3.8) is 0 Å². The van der Waals surface area contributed by atoms with Crippen LogP contribution in [0.15, 0.2) is 16.5 Å². The zero-order valence-electron chi connectivity index (χ0n) is 10.9. The van der Waals surface area contributed by atoms with Crippen molar-refractivity contribution in [1.29, 1.82) is 0 Å². The van der Waals surface area contributed by atoms with Gasteiger partial charge in [0.25, 0.3) is 11.9 Å². The fourth-order valence-corrected chi connectivity index (χ4v) is 1.97. The average molecular weight is 266 g/mol. The molecule has 1 saturated heterocycles. The van der Waals surface area contributed by atoms with Crippen molar-refractivity contribution in [2.75, 3.05) is 13.2 Å². The Hall–Kier alpha value is -1.98. The van der Waals surface area contributed by atoms with E-state index in [0.717, 1.165) is 12.8 Å². The summed E-state index contributed by atoms with van der Waals surface area (Å²) in [5, 5.41) is 5.45. The summed E-state index contributed by atoms with van der Waals surface area (Å²) in [5.74, 6) is -0.0751. The molecule has 1 aromatic heterocycles. The van der Waals surface area contributed by atoms with Gasteiger partial charge in [-0.05, 0) is 32.3 Å². The monoisotopic (exact) mass is 266 g/mol. The van der Waals surface area contributed by atoms with E-state index < -0.39 is 11.9 Å². The van der Waals surface area contributed by atoms with Crippen LogP contribution in [0.5, 0.6) is 5.95 Å². The Morgan fingerprint density at radius 3 is 3.16 bits per heavy atom. The number of carbonyl (C=O) groups is 2. The second kappa shape index (κ2) is 6.26. The molecule has 1 aliphatic rings. The number of hydrogen-bond donors (Lipinski definition) is 2. The van der Waals surface area contributed by atoms with E-state index in [1.54, 1.807) is 6.07 Å². The number of nitrogens with one attached hydrogen (secondary N) is 2. The van der Waals surface area contributed by atoms with E-state index in [1.165, 1.54) is 6.07 Å². The standard InChI is InChI=1S/C13H18N2O4/c1-2-18-11-7-6-10(19-11)13(17)15-9-5-3-4-8-14-12(9)16/h6-7,9H,2-5,8H2,1H3,(H,14,16)(H,15,17). The van der Waals surface area contributed by atoms with Crippen molar-refractivity contribution in [3.8, 4) is 5.95 Å². The predicted molar refractivity (Wildman–Crippen MR) is 68.0 cm³/mol. The Kier molecular flexibility index (Phi) is 4.43. The van der Waals surface area contributed by atoms with Gasteiger partial charge in [0.2, 0.25) is 5.91 Å². The number of rotatable bonds is 4. The lowest BCUT2D eigenvalue weighted by Gasteiger charge is -2.13. The maximum Gasteiger partial charge on any atom is 0.287 e. The Morgan fingerprint density at radius 2 is 2.37 bits per heavy atom. The normalized spacial score (nSPS) is 19.4. The van der Waals surface area contributed by atoms with Crippen LogP contribution in [0.3, 0.4) is 0 Å². The number of hydrogen-bond acceptors (Lipinski definition) is 4. The van der Waals surface area contributed by atoms with Crippen LogP contribution in [0.2, 0.25) is 0 Å². The van der Waals surface area contributed by atoms with Crippen LogP contribution < -0.4 is 15.4 Å². The van der Waals surface area contributed by atoms with Gasteiger partial charge in [0, 0.05) is 12.6 Å². The van der Waals surface area contributed by atoms with Crippen molar-refractivity contribution in [2.24, 2.45) is 0 Å². The zero-order valence-corrected chi connectivity index (χ0v) is 10.9. The van der Waals surface area contributed by atoms with Crippen molar-refractivity contribution in [1.82, 2.24) is 10.6 Å². The molecule has 2 rings (SSSR count). The molecule has 6 heteroatoms. The molecular weight excluding hydrogens is 248 g/mol. The van der Waals surface area contributed by atoms with Gasteiger partial charge in [0.1, 0.15) is 6.04 Å². The summed E-state index contributed by atoms with van der Waals surface area (Å²) in [6.07, 6.45) is 2.50. The fourth-order valence-electron chi connectivity index (χ4n) is 1.97. The average Bonchev–Trinajstić information content (AvgIpc) is 2.77. The number of carbonyl (C=O) groups excluding carboxylic acids is 2. The molecule has 1 unspecified atom stereocenters. The summed E-state index contributed by atoms with van der Waals surface area (Å²) in [7, 11) is 0. The van der Waals surface area contributed by atoms with Gasteiger partial charge < -0.3 is 19.8 Å². The minimum Gasteiger partial charge on any atom is -0.465 e. The molecule has 0 aromatic carbocycles. The van der Waals surface area contributed by atoms with Crippen LogP contribution in [-0.2, 0) is 4.79 Å². The lowest BCUT2D eigenvalue weighted by Crippen LogP contribution is -2.45. The lowest BCUT2D eigenvalue weighted by atomic mass is 10.1.